The largest absolute Gasteiger partial charge is 0.0988 e. The molecule has 0 radical (unpaired) electrons. The van der Waals surface area contributed by atoms with Gasteiger partial charge in [0.1, 0.15) is 0 Å². The Bertz CT molecular complexity index is 109. The standard InChI is InChI=1S/C10H18.C2H6/c1-4-7-9-10(6-3)8-5-2;1-2/h6,8H,3-5,7,9H2,1-2H3;1-2H3/b10-8+;. The van der Waals surface area contributed by atoms with Gasteiger partial charge in [-0.05, 0) is 19.3 Å². The molecule has 0 spiro atoms. The molecular weight excluding hydrogens is 144 g/mol. The molecule has 0 unspecified atom stereocenters. The van der Waals surface area contributed by atoms with Crippen molar-refractivity contribution >= 4 is 0 Å². The molecule has 0 saturated carbocycles. The van der Waals surface area contributed by atoms with E-state index in [-0.39, 0.29) is 0 Å². The highest BCUT2D eigenvalue weighted by Crippen LogP contribution is 2.08. The SMILES string of the molecule is C=C/C(=C\CC)CCCC.CC. The van der Waals surface area contributed by atoms with Crippen LogP contribution in [0, 0.1) is 0 Å². The minimum atomic E-state index is 1.13. The molecule has 0 heterocycles. The van der Waals surface area contributed by atoms with Crippen molar-refractivity contribution in [1.82, 2.24) is 0 Å². The molecule has 0 bridgehead atoms. The Hall–Kier alpha value is -0.520. The van der Waals surface area contributed by atoms with Crippen molar-refractivity contribution in [3.63, 3.8) is 0 Å². The minimum Gasteiger partial charge on any atom is -0.0988 e. The van der Waals surface area contributed by atoms with Crippen molar-refractivity contribution in [2.24, 2.45) is 0 Å². The van der Waals surface area contributed by atoms with Crippen LogP contribution in [0.25, 0.3) is 0 Å². The maximum atomic E-state index is 3.76. The van der Waals surface area contributed by atoms with Gasteiger partial charge in [-0.2, -0.15) is 0 Å². The molecule has 0 heteroatoms. The monoisotopic (exact) mass is 168 g/mol. The first-order valence-corrected chi connectivity index (χ1v) is 5.16. The van der Waals surface area contributed by atoms with Gasteiger partial charge in [0.15, 0.2) is 0 Å². The average Bonchev–Trinajstić information content (AvgIpc) is 2.15. The summed E-state index contributed by atoms with van der Waals surface area (Å²) in [5.74, 6) is 0. The summed E-state index contributed by atoms with van der Waals surface area (Å²) in [7, 11) is 0. The van der Waals surface area contributed by atoms with E-state index in [4.69, 9.17) is 0 Å². The number of rotatable bonds is 5. The first-order valence-electron chi connectivity index (χ1n) is 5.16. The molecule has 0 amide bonds. The Balaban J connectivity index is 0. The molecule has 0 aromatic heterocycles. The Morgan fingerprint density at radius 1 is 1.25 bits per heavy atom. The number of allylic oxidation sites excluding steroid dienone is 3. The lowest BCUT2D eigenvalue weighted by Gasteiger charge is -1.97. The zero-order valence-corrected chi connectivity index (χ0v) is 9.19. The summed E-state index contributed by atoms with van der Waals surface area (Å²) in [5, 5.41) is 0. The molecule has 72 valence electrons. The van der Waals surface area contributed by atoms with Crippen LogP contribution in [0.5, 0.6) is 0 Å². The van der Waals surface area contributed by atoms with Gasteiger partial charge < -0.3 is 0 Å². The van der Waals surface area contributed by atoms with E-state index in [0.717, 1.165) is 6.42 Å². The van der Waals surface area contributed by atoms with E-state index >= 15 is 0 Å². The lowest BCUT2D eigenvalue weighted by molar-refractivity contribution is 0.795. The zero-order chi connectivity index (χ0) is 9.82. The summed E-state index contributed by atoms with van der Waals surface area (Å²) in [6.07, 6.45) is 9.12. The van der Waals surface area contributed by atoms with E-state index in [0.29, 0.717) is 0 Å². The third-order valence-corrected chi connectivity index (χ3v) is 1.55. The fourth-order valence-corrected chi connectivity index (χ4v) is 0.931. The first-order chi connectivity index (χ1) is 5.85. The Morgan fingerprint density at radius 2 is 1.83 bits per heavy atom. The van der Waals surface area contributed by atoms with Crippen LogP contribution in [0.2, 0.25) is 0 Å². The van der Waals surface area contributed by atoms with Gasteiger partial charge in [-0.3, -0.25) is 0 Å². The van der Waals surface area contributed by atoms with Crippen molar-refractivity contribution in [1.29, 1.82) is 0 Å². The summed E-state index contributed by atoms with van der Waals surface area (Å²) in [5.41, 5.74) is 1.41. The first kappa shape index (κ1) is 14.0. The van der Waals surface area contributed by atoms with Crippen LogP contribution < -0.4 is 0 Å². The Labute approximate surface area is 78.4 Å². The molecule has 0 saturated heterocycles. The molecule has 0 N–H and O–H groups in total. The molecule has 0 nitrogen and oxygen atoms in total. The van der Waals surface area contributed by atoms with Crippen LogP contribution in [0.3, 0.4) is 0 Å². The van der Waals surface area contributed by atoms with E-state index < -0.39 is 0 Å². The molecule has 0 atom stereocenters. The van der Waals surface area contributed by atoms with E-state index in [9.17, 15) is 0 Å². The van der Waals surface area contributed by atoms with Gasteiger partial charge in [0.25, 0.3) is 0 Å². The summed E-state index contributed by atoms with van der Waals surface area (Å²) < 4.78 is 0. The summed E-state index contributed by atoms with van der Waals surface area (Å²) in [6.45, 7) is 12.1. The third kappa shape index (κ3) is 9.48. The number of unbranched alkanes of at least 4 members (excludes halogenated alkanes) is 1. The van der Waals surface area contributed by atoms with E-state index in [2.05, 4.69) is 26.5 Å². The van der Waals surface area contributed by atoms with Crippen molar-refractivity contribution in [3.8, 4) is 0 Å². The lowest BCUT2D eigenvalue weighted by Crippen LogP contribution is -1.77. The lowest BCUT2D eigenvalue weighted by atomic mass is 10.1. The molecule has 0 aliphatic rings. The Kier molecular flexibility index (Phi) is 15.3. The fourth-order valence-electron chi connectivity index (χ4n) is 0.931. The maximum Gasteiger partial charge on any atom is -0.0282 e. The van der Waals surface area contributed by atoms with Gasteiger partial charge in [-0.25, -0.2) is 0 Å². The van der Waals surface area contributed by atoms with Gasteiger partial charge in [0.05, 0.1) is 0 Å². The molecule has 0 aliphatic carbocycles. The highest BCUT2D eigenvalue weighted by molar-refractivity contribution is 5.15. The second kappa shape index (κ2) is 13.1. The predicted molar refractivity (Wildman–Crippen MR) is 59.4 cm³/mol. The van der Waals surface area contributed by atoms with Gasteiger partial charge >= 0.3 is 0 Å². The van der Waals surface area contributed by atoms with Crippen LogP contribution in [-0.4, -0.2) is 0 Å². The quantitative estimate of drug-likeness (QED) is 0.521. The molecule has 0 rings (SSSR count). The fraction of sp³-hybridized carbons (Fsp3) is 0.667. The highest BCUT2D eigenvalue weighted by atomic mass is 13.9. The number of hydrogen-bond acceptors (Lipinski definition) is 0. The zero-order valence-electron chi connectivity index (χ0n) is 9.19. The highest BCUT2D eigenvalue weighted by Gasteiger charge is 1.88. The van der Waals surface area contributed by atoms with Crippen LogP contribution >= 0.6 is 0 Å². The third-order valence-electron chi connectivity index (χ3n) is 1.55. The predicted octanol–water partition coefficient (Wildman–Crippen LogP) is 4.73. The van der Waals surface area contributed by atoms with Gasteiger partial charge in [-0.1, -0.05) is 58.4 Å². The van der Waals surface area contributed by atoms with E-state index in [1.165, 1.54) is 24.8 Å². The summed E-state index contributed by atoms with van der Waals surface area (Å²) in [6, 6.07) is 0. The molecule has 0 aromatic rings. The van der Waals surface area contributed by atoms with Crippen LogP contribution in [0.1, 0.15) is 53.4 Å². The smallest absolute Gasteiger partial charge is 0.0282 e. The van der Waals surface area contributed by atoms with Gasteiger partial charge in [0, 0.05) is 0 Å². The van der Waals surface area contributed by atoms with Crippen molar-refractivity contribution < 1.29 is 0 Å². The second-order valence-electron chi connectivity index (χ2n) is 2.49. The number of hydrogen-bond donors (Lipinski definition) is 0. The second-order valence-corrected chi connectivity index (χ2v) is 2.49. The molecular formula is C12H24. The van der Waals surface area contributed by atoms with Crippen molar-refractivity contribution in [2.45, 2.75) is 53.4 Å². The van der Waals surface area contributed by atoms with Crippen molar-refractivity contribution in [2.75, 3.05) is 0 Å². The van der Waals surface area contributed by atoms with Gasteiger partial charge in [0.2, 0.25) is 0 Å². The minimum absolute atomic E-state index is 1.13. The van der Waals surface area contributed by atoms with E-state index in [1.54, 1.807) is 0 Å². The van der Waals surface area contributed by atoms with Gasteiger partial charge in [-0.15, -0.1) is 0 Å². The molecule has 0 aromatic carbocycles. The molecule has 0 aliphatic heterocycles. The summed E-state index contributed by atoms with van der Waals surface area (Å²) >= 11 is 0. The average molecular weight is 168 g/mol. The van der Waals surface area contributed by atoms with Crippen LogP contribution in [-0.2, 0) is 0 Å². The van der Waals surface area contributed by atoms with Crippen LogP contribution in [0.15, 0.2) is 24.3 Å². The Morgan fingerprint density at radius 3 is 2.17 bits per heavy atom. The van der Waals surface area contributed by atoms with E-state index in [1.807, 2.05) is 19.9 Å². The van der Waals surface area contributed by atoms with Crippen molar-refractivity contribution in [3.05, 3.63) is 24.3 Å². The normalized spacial score (nSPS) is 10.2. The van der Waals surface area contributed by atoms with Crippen LogP contribution in [0.4, 0.5) is 0 Å². The molecule has 0 fully saturated rings. The topological polar surface area (TPSA) is 0 Å². The molecule has 12 heavy (non-hydrogen) atoms. The summed E-state index contributed by atoms with van der Waals surface area (Å²) in [4.78, 5) is 0. The maximum absolute atomic E-state index is 3.76.